The third-order valence-electron chi connectivity index (χ3n) is 4.50. The van der Waals surface area contributed by atoms with Gasteiger partial charge in [0.15, 0.2) is 0 Å². The predicted octanol–water partition coefficient (Wildman–Crippen LogP) is 1.76. The van der Waals surface area contributed by atoms with E-state index in [1.807, 2.05) is 30.3 Å². The maximum Gasteiger partial charge on any atom is 0.251 e. The van der Waals surface area contributed by atoms with Gasteiger partial charge in [-0.25, -0.2) is 5.84 Å². The molecular weight excluding hydrogens is 288 g/mol. The van der Waals surface area contributed by atoms with Crippen LogP contribution in [-0.2, 0) is 11.2 Å². The highest BCUT2D eigenvalue weighted by molar-refractivity contribution is 5.88. The Morgan fingerprint density at radius 3 is 2.61 bits per heavy atom. The van der Waals surface area contributed by atoms with Gasteiger partial charge in [-0.3, -0.25) is 15.5 Å². The molecule has 0 fully saturated rings. The van der Waals surface area contributed by atoms with E-state index in [-0.39, 0.29) is 18.0 Å². The zero-order valence-corrected chi connectivity index (χ0v) is 12.5. The molecule has 0 spiro atoms. The molecule has 0 bridgehead atoms. The van der Waals surface area contributed by atoms with E-state index in [1.54, 1.807) is 0 Å². The molecule has 5 nitrogen and oxygen atoms in total. The second-order valence-electron chi connectivity index (χ2n) is 5.84. The molecule has 1 unspecified atom stereocenters. The first-order valence-corrected chi connectivity index (χ1v) is 7.69. The van der Waals surface area contributed by atoms with Crippen LogP contribution in [0.1, 0.15) is 22.9 Å². The summed E-state index contributed by atoms with van der Waals surface area (Å²) < 4.78 is 0. The molecule has 3 aromatic rings. The van der Waals surface area contributed by atoms with Gasteiger partial charge in [-0.05, 0) is 23.6 Å². The molecule has 0 saturated heterocycles. The van der Waals surface area contributed by atoms with Crippen molar-refractivity contribution < 1.29 is 4.79 Å². The van der Waals surface area contributed by atoms with Crippen molar-refractivity contribution >= 4 is 16.8 Å². The highest BCUT2D eigenvalue weighted by Gasteiger charge is 2.33. The quantitative estimate of drug-likeness (QED) is 0.331. The van der Waals surface area contributed by atoms with Gasteiger partial charge in [0.1, 0.15) is 0 Å². The summed E-state index contributed by atoms with van der Waals surface area (Å²) in [5.41, 5.74) is 6.78. The van der Waals surface area contributed by atoms with Crippen molar-refractivity contribution in [1.82, 2.24) is 15.7 Å². The summed E-state index contributed by atoms with van der Waals surface area (Å²) in [5.74, 6) is 5.15. The molecule has 0 aliphatic carbocycles. The molecule has 4 rings (SSSR count). The molecule has 2 heterocycles. The number of H-pyrrole nitrogens is 1. The summed E-state index contributed by atoms with van der Waals surface area (Å²) in [6.45, 7) is 0. The van der Waals surface area contributed by atoms with Crippen LogP contribution in [0, 0.1) is 0 Å². The second kappa shape index (κ2) is 5.53. The molecule has 1 aliphatic rings. The molecule has 5 heteroatoms. The molecule has 23 heavy (non-hydrogen) atoms. The van der Waals surface area contributed by atoms with E-state index in [0.29, 0.717) is 6.42 Å². The number of aromatic nitrogens is 1. The van der Waals surface area contributed by atoms with E-state index in [0.717, 1.165) is 16.8 Å². The third-order valence-corrected chi connectivity index (χ3v) is 4.50. The monoisotopic (exact) mass is 306 g/mol. The minimum atomic E-state index is -0.350. The van der Waals surface area contributed by atoms with Crippen LogP contribution in [-0.4, -0.2) is 16.9 Å². The number of hydrogen-bond acceptors (Lipinski definition) is 3. The number of nitrogens with one attached hydrogen (secondary N) is 3. The Hall–Kier alpha value is -2.63. The number of amides is 1. The smallest absolute Gasteiger partial charge is 0.251 e. The first kappa shape index (κ1) is 14.0. The standard InChI is InChI=1S/C18H18N4O/c19-22-18(23)15-10-13-12-8-4-5-9-14(12)20-17(13)16(21-15)11-6-2-1-3-7-11/h1-9,15-16,20-21H,10,19H2,(H,22,23)/t15-,16?/m0/s1. The van der Waals surface area contributed by atoms with Crippen LogP contribution in [0.2, 0.25) is 0 Å². The third kappa shape index (κ3) is 2.30. The Morgan fingerprint density at radius 1 is 1.09 bits per heavy atom. The number of fused-ring (bicyclic) bond motifs is 3. The first-order chi connectivity index (χ1) is 11.3. The van der Waals surface area contributed by atoms with E-state index in [1.165, 1.54) is 10.9 Å². The van der Waals surface area contributed by atoms with Crippen molar-refractivity contribution in [1.29, 1.82) is 0 Å². The van der Waals surface area contributed by atoms with Crippen LogP contribution >= 0.6 is 0 Å². The number of rotatable bonds is 2. The van der Waals surface area contributed by atoms with E-state index in [4.69, 9.17) is 5.84 Å². The maximum absolute atomic E-state index is 12.1. The lowest BCUT2D eigenvalue weighted by Crippen LogP contribution is -2.51. The van der Waals surface area contributed by atoms with Crippen LogP contribution in [0.4, 0.5) is 0 Å². The van der Waals surface area contributed by atoms with Gasteiger partial charge in [0, 0.05) is 16.6 Å². The van der Waals surface area contributed by atoms with Crippen molar-refractivity contribution in [2.24, 2.45) is 5.84 Å². The van der Waals surface area contributed by atoms with E-state index in [9.17, 15) is 4.79 Å². The van der Waals surface area contributed by atoms with Gasteiger partial charge in [0.05, 0.1) is 12.1 Å². The molecule has 1 aromatic heterocycles. The summed E-state index contributed by atoms with van der Waals surface area (Å²) in [5, 5.41) is 4.58. The van der Waals surface area contributed by atoms with Gasteiger partial charge in [0.2, 0.25) is 0 Å². The summed E-state index contributed by atoms with van der Waals surface area (Å²) in [7, 11) is 0. The highest BCUT2D eigenvalue weighted by atomic mass is 16.2. The molecule has 2 atom stereocenters. The molecule has 0 radical (unpaired) electrons. The molecule has 5 N–H and O–H groups in total. The number of carbonyl (C=O) groups excluding carboxylic acids is 1. The normalized spacial score (nSPS) is 20.2. The molecule has 1 aliphatic heterocycles. The molecule has 0 saturated carbocycles. The Kier molecular flexibility index (Phi) is 3.37. The molecular formula is C18H18N4O. The van der Waals surface area contributed by atoms with Crippen molar-refractivity contribution in [3.8, 4) is 0 Å². The van der Waals surface area contributed by atoms with Crippen molar-refractivity contribution in [2.75, 3.05) is 0 Å². The molecule has 2 aromatic carbocycles. The van der Waals surface area contributed by atoms with E-state index in [2.05, 4.69) is 40.0 Å². The minimum Gasteiger partial charge on any atom is -0.357 e. The van der Waals surface area contributed by atoms with E-state index >= 15 is 0 Å². The Bertz CT molecular complexity index is 856. The van der Waals surface area contributed by atoms with Gasteiger partial charge in [-0.2, -0.15) is 0 Å². The topological polar surface area (TPSA) is 82.9 Å². The number of aromatic amines is 1. The van der Waals surface area contributed by atoms with Gasteiger partial charge in [-0.1, -0.05) is 48.5 Å². The van der Waals surface area contributed by atoms with Crippen LogP contribution < -0.4 is 16.6 Å². The number of hydrogen-bond donors (Lipinski definition) is 4. The number of carbonyl (C=O) groups is 1. The minimum absolute atomic E-state index is 0.0605. The molecule has 116 valence electrons. The number of hydrazine groups is 1. The lowest BCUT2D eigenvalue weighted by molar-refractivity contribution is -0.123. The van der Waals surface area contributed by atoms with Crippen LogP contribution in [0.5, 0.6) is 0 Å². The average molecular weight is 306 g/mol. The van der Waals surface area contributed by atoms with Gasteiger partial charge >= 0.3 is 0 Å². The lowest BCUT2D eigenvalue weighted by atomic mass is 9.90. The average Bonchev–Trinajstić information content (AvgIpc) is 2.99. The van der Waals surface area contributed by atoms with Crippen LogP contribution in [0.25, 0.3) is 10.9 Å². The Morgan fingerprint density at radius 2 is 1.83 bits per heavy atom. The van der Waals surface area contributed by atoms with Crippen molar-refractivity contribution in [3.05, 3.63) is 71.4 Å². The number of benzene rings is 2. The van der Waals surface area contributed by atoms with Crippen LogP contribution in [0.3, 0.4) is 0 Å². The molecule has 1 amide bonds. The lowest BCUT2D eigenvalue weighted by Gasteiger charge is -2.30. The van der Waals surface area contributed by atoms with E-state index < -0.39 is 0 Å². The Balaban J connectivity index is 1.88. The summed E-state index contributed by atoms with van der Waals surface area (Å²) in [4.78, 5) is 15.6. The fourth-order valence-corrected chi connectivity index (χ4v) is 3.41. The summed E-state index contributed by atoms with van der Waals surface area (Å²) >= 11 is 0. The predicted molar refractivity (Wildman–Crippen MR) is 89.5 cm³/mol. The van der Waals surface area contributed by atoms with Crippen LogP contribution in [0.15, 0.2) is 54.6 Å². The second-order valence-corrected chi connectivity index (χ2v) is 5.84. The first-order valence-electron chi connectivity index (χ1n) is 7.69. The summed E-state index contributed by atoms with van der Waals surface area (Å²) in [6, 6.07) is 17.9. The van der Waals surface area contributed by atoms with Gasteiger partial charge < -0.3 is 4.98 Å². The zero-order valence-electron chi connectivity index (χ0n) is 12.5. The van der Waals surface area contributed by atoms with Gasteiger partial charge in [0.25, 0.3) is 5.91 Å². The largest absolute Gasteiger partial charge is 0.357 e. The number of nitrogens with two attached hydrogens (primary N) is 1. The summed E-state index contributed by atoms with van der Waals surface area (Å²) in [6.07, 6.45) is 0.617. The maximum atomic E-state index is 12.1. The number of para-hydroxylation sites is 1. The van der Waals surface area contributed by atoms with Gasteiger partial charge in [-0.15, -0.1) is 0 Å². The fraction of sp³-hybridized carbons (Fsp3) is 0.167. The SMILES string of the molecule is NNC(=O)[C@@H]1Cc2c([nH]c3ccccc23)C(c2ccccc2)N1. The van der Waals surface area contributed by atoms with Crippen molar-refractivity contribution in [3.63, 3.8) is 0 Å². The van der Waals surface area contributed by atoms with Crippen molar-refractivity contribution in [2.45, 2.75) is 18.5 Å². The zero-order chi connectivity index (χ0) is 15.8. The fourth-order valence-electron chi connectivity index (χ4n) is 3.41. The Labute approximate surface area is 133 Å². The highest BCUT2D eigenvalue weighted by Crippen LogP contribution is 2.34.